The smallest absolute Gasteiger partial charge is 0.309 e. The summed E-state index contributed by atoms with van der Waals surface area (Å²) in [5.74, 6) is 0.524. The first kappa shape index (κ1) is 14.8. The Hall–Kier alpha value is -0.570. The van der Waals surface area contributed by atoms with Crippen LogP contribution in [0.4, 0.5) is 0 Å². The lowest BCUT2D eigenvalue weighted by Crippen LogP contribution is -2.39. The molecule has 0 amide bonds. The van der Waals surface area contributed by atoms with Crippen LogP contribution < -0.4 is 0 Å². The molecule has 2 saturated carbocycles. The highest BCUT2D eigenvalue weighted by atomic mass is 16.6. The van der Waals surface area contributed by atoms with E-state index in [1.807, 2.05) is 0 Å². The van der Waals surface area contributed by atoms with Crippen molar-refractivity contribution in [3.05, 3.63) is 0 Å². The molecule has 0 aromatic rings. The van der Waals surface area contributed by atoms with Gasteiger partial charge in [-0.1, -0.05) is 27.2 Å². The van der Waals surface area contributed by atoms with Crippen LogP contribution in [0.3, 0.4) is 0 Å². The van der Waals surface area contributed by atoms with Gasteiger partial charge in [-0.15, -0.1) is 0 Å². The molecule has 0 heterocycles. The summed E-state index contributed by atoms with van der Waals surface area (Å²) in [6.07, 6.45) is 6.01. The summed E-state index contributed by atoms with van der Waals surface area (Å²) in [4.78, 5) is 12.3. The van der Waals surface area contributed by atoms with Crippen LogP contribution in [0.15, 0.2) is 0 Å². The SMILES string of the molecule is CC1CC(C(=O)OC2CCCCC2O)CC(C)(C)C1. The van der Waals surface area contributed by atoms with Crippen LogP contribution in [0.25, 0.3) is 0 Å². The third-order valence-corrected chi connectivity index (χ3v) is 4.66. The van der Waals surface area contributed by atoms with Crippen LogP contribution in [-0.2, 0) is 9.53 Å². The Labute approximate surface area is 116 Å². The fourth-order valence-corrected chi connectivity index (χ4v) is 3.99. The van der Waals surface area contributed by atoms with Crippen LogP contribution >= 0.6 is 0 Å². The van der Waals surface area contributed by atoms with Crippen molar-refractivity contribution in [3.8, 4) is 0 Å². The van der Waals surface area contributed by atoms with Crippen molar-refractivity contribution in [3.63, 3.8) is 0 Å². The van der Waals surface area contributed by atoms with Gasteiger partial charge >= 0.3 is 5.97 Å². The highest BCUT2D eigenvalue weighted by Gasteiger charge is 2.38. The Kier molecular flexibility index (Phi) is 4.54. The Morgan fingerprint density at radius 3 is 2.53 bits per heavy atom. The molecule has 3 nitrogen and oxygen atoms in total. The number of rotatable bonds is 2. The van der Waals surface area contributed by atoms with E-state index in [0.29, 0.717) is 5.92 Å². The number of aliphatic hydroxyl groups excluding tert-OH is 1. The first-order chi connectivity index (χ1) is 8.87. The highest BCUT2D eigenvalue weighted by molar-refractivity contribution is 5.73. The van der Waals surface area contributed by atoms with E-state index < -0.39 is 6.10 Å². The molecule has 0 aromatic heterocycles. The lowest BCUT2D eigenvalue weighted by molar-refractivity contribution is -0.165. The molecule has 0 spiro atoms. The van der Waals surface area contributed by atoms with Crippen molar-refractivity contribution >= 4 is 5.97 Å². The lowest BCUT2D eigenvalue weighted by atomic mass is 9.68. The van der Waals surface area contributed by atoms with Gasteiger partial charge in [0.05, 0.1) is 12.0 Å². The second kappa shape index (κ2) is 5.82. The average molecular weight is 268 g/mol. The van der Waals surface area contributed by atoms with Crippen molar-refractivity contribution in [2.75, 3.05) is 0 Å². The topological polar surface area (TPSA) is 46.5 Å². The number of hydrogen-bond acceptors (Lipinski definition) is 3. The standard InChI is InChI=1S/C16H28O3/c1-11-8-12(10-16(2,3)9-11)15(18)19-14-7-5-4-6-13(14)17/h11-14,17H,4-10H2,1-3H3. The summed E-state index contributed by atoms with van der Waals surface area (Å²) in [5.41, 5.74) is 0.229. The molecule has 0 bridgehead atoms. The van der Waals surface area contributed by atoms with Gasteiger partial charge in [-0.2, -0.15) is 0 Å². The zero-order valence-electron chi connectivity index (χ0n) is 12.5. The molecule has 2 fully saturated rings. The van der Waals surface area contributed by atoms with Crippen LogP contribution in [0.5, 0.6) is 0 Å². The Morgan fingerprint density at radius 1 is 1.21 bits per heavy atom. The van der Waals surface area contributed by atoms with Crippen LogP contribution in [-0.4, -0.2) is 23.3 Å². The molecule has 3 heteroatoms. The van der Waals surface area contributed by atoms with Crippen molar-refractivity contribution in [1.82, 2.24) is 0 Å². The number of esters is 1. The first-order valence-electron chi connectivity index (χ1n) is 7.76. The average Bonchev–Trinajstić information content (AvgIpc) is 2.29. The minimum absolute atomic E-state index is 0.0212. The monoisotopic (exact) mass is 268 g/mol. The molecule has 2 aliphatic carbocycles. The third-order valence-electron chi connectivity index (χ3n) is 4.66. The molecule has 0 aromatic carbocycles. The molecule has 0 saturated heterocycles. The van der Waals surface area contributed by atoms with Gasteiger partial charge in [0.25, 0.3) is 0 Å². The second-order valence-electron chi connectivity index (χ2n) is 7.44. The zero-order chi connectivity index (χ0) is 14.0. The zero-order valence-corrected chi connectivity index (χ0v) is 12.5. The molecular weight excluding hydrogens is 240 g/mol. The third kappa shape index (κ3) is 3.95. The summed E-state index contributed by atoms with van der Waals surface area (Å²) in [6.45, 7) is 6.69. The minimum Gasteiger partial charge on any atom is -0.459 e. The minimum atomic E-state index is -0.452. The lowest BCUT2D eigenvalue weighted by Gasteiger charge is -2.38. The molecule has 0 radical (unpaired) electrons. The quantitative estimate of drug-likeness (QED) is 0.782. The largest absolute Gasteiger partial charge is 0.459 e. The Bertz CT molecular complexity index is 324. The van der Waals surface area contributed by atoms with Gasteiger partial charge in [0, 0.05) is 0 Å². The van der Waals surface area contributed by atoms with Gasteiger partial charge in [-0.05, 0) is 49.9 Å². The number of aliphatic hydroxyl groups is 1. The van der Waals surface area contributed by atoms with Gasteiger partial charge in [-0.3, -0.25) is 4.79 Å². The van der Waals surface area contributed by atoms with E-state index in [1.165, 1.54) is 6.42 Å². The molecule has 1 N–H and O–H groups in total. The fourth-order valence-electron chi connectivity index (χ4n) is 3.99. The molecular formula is C16H28O3. The van der Waals surface area contributed by atoms with Crippen molar-refractivity contribution in [2.24, 2.45) is 17.3 Å². The molecule has 2 rings (SSSR count). The maximum Gasteiger partial charge on any atom is 0.309 e. The van der Waals surface area contributed by atoms with E-state index >= 15 is 0 Å². The highest BCUT2D eigenvalue weighted by Crippen LogP contribution is 2.42. The molecule has 19 heavy (non-hydrogen) atoms. The summed E-state index contributed by atoms with van der Waals surface area (Å²) in [7, 11) is 0. The normalized spacial score (nSPS) is 38.7. The second-order valence-corrected chi connectivity index (χ2v) is 7.44. The van der Waals surface area contributed by atoms with E-state index in [0.717, 1.165) is 38.5 Å². The van der Waals surface area contributed by atoms with Gasteiger partial charge in [0.15, 0.2) is 0 Å². The van der Waals surface area contributed by atoms with Gasteiger partial charge in [-0.25, -0.2) is 0 Å². The predicted molar refractivity (Wildman–Crippen MR) is 74.6 cm³/mol. The molecule has 0 aliphatic heterocycles. The number of ether oxygens (including phenoxy) is 1. The predicted octanol–water partition coefficient (Wildman–Crippen LogP) is 3.30. The van der Waals surface area contributed by atoms with Gasteiger partial charge in [0.1, 0.15) is 6.10 Å². The number of carbonyl (C=O) groups excluding carboxylic acids is 1. The van der Waals surface area contributed by atoms with E-state index in [2.05, 4.69) is 20.8 Å². The summed E-state index contributed by atoms with van der Waals surface area (Å²) >= 11 is 0. The van der Waals surface area contributed by atoms with Gasteiger partial charge in [0.2, 0.25) is 0 Å². The van der Waals surface area contributed by atoms with Crippen LogP contribution in [0.1, 0.15) is 65.7 Å². The van der Waals surface area contributed by atoms with E-state index in [4.69, 9.17) is 4.74 Å². The summed E-state index contributed by atoms with van der Waals surface area (Å²) in [5, 5.41) is 9.89. The Morgan fingerprint density at radius 2 is 1.89 bits per heavy atom. The van der Waals surface area contributed by atoms with Crippen LogP contribution in [0.2, 0.25) is 0 Å². The summed E-state index contributed by atoms with van der Waals surface area (Å²) in [6, 6.07) is 0. The molecule has 4 atom stereocenters. The Balaban J connectivity index is 1.91. The number of carbonyl (C=O) groups is 1. The summed E-state index contributed by atoms with van der Waals surface area (Å²) < 4.78 is 5.60. The van der Waals surface area contributed by atoms with Crippen molar-refractivity contribution in [1.29, 1.82) is 0 Å². The number of hydrogen-bond donors (Lipinski definition) is 1. The molecule has 4 unspecified atom stereocenters. The van der Waals surface area contributed by atoms with E-state index in [-0.39, 0.29) is 23.4 Å². The molecule has 110 valence electrons. The first-order valence-corrected chi connectivity index (χ1v) is 7.76. The maximum absolute atomic E-state index is 12.3. The van der Waals surface area contributed by atoms with E-state index in [1.54, 1.807) is 0 Å². The van der Waals surface area contributed by atoms with Crippen molar-refractivity contribution < 1.29 is 14.6 Å². The maximum atomic E-state index is 12.3. The molecule has 2 aliphatic rings. The van der Waals surface area contributed by atoms with E-state index in [9.17, 15) is 9.90 Å². The van der Waals surface area contributed by atoms with Crippen LogP contribution in [0, 0.1) is 17.3 Å². The van der Waals surface area contributed by atoms with Crippen molar-refractivity contribution in [2.45, 2.75) is 77.9 Å². The van der Waals surface area contributed by atoms with Gasteiger partial charge < -0.3 is 9.84 Å². The fraction of sp³-hybridized carbons (Fsp3) is 0.938.